The summed E-state index contributed by atoms with van der Waals surface area (Å²) in [5.41, 5.74) is 32.7. The van der Waals surface area contributed by atoms with Gasteiger partial charge in [-0.3, -0.25) is 0 Å². The lowest BCUT2D eigenvalue weighted by atomic mass is 9.70. The number of nitrogens with zero attached hydrogens (tertiary/aromatic N) is 2. The maximum absolute atomic E-state index is 7.04. The lowest BCUT2D eigenvalue weighted by molar-refractivity contribution is 0.591. The summed E-state index contributed by atoms with van der Waals surface area (Å²) in [6, 6.07) is 83.5. The van der Waals surface area contributed by atoms with Crippen molar-refractivity contribution in [1.29, 1.82) is 0 Å². The Bertz CT molecular complexity index is 4640. The van der Waals surface area contributed by atoms with E-state index in [0.29, 0.717) is 0 Å². The van der Waals surface area contributed by atoms with Gasteiger partial charge in [0.2, 0.25) is 0 Å². The van der Waals surface area contributed by atoms with Gasteiger partial charge in [-0.05, 0) is 204 Å². The molecule has 15 rings (SSSR count). The number of hydrogen-bond acceptors (Lipinski definition) is 3. The summed E-state index contributed by atoms with van der Waals surface area (Å²) < 4.78 is 7.04. The van der Waals surface area contributed by atoms with Crippen LogP contribution in [0.5, 0.6) is 0 Å². The first-order valence-electron chi connectivity index (χ1n) is 30.0. The number of hydrogen-bond donors (Lipinski definition) is 0. The van der Waals surface area contributed by atoms with Crippen LogP contribution >= 0.6 is 0 Å². The monoisotopic (exact) mass is 1090 g/mol. The standard InChI is InChI=1S/C81H70N2O/c1-49-26-18-19-31-57(49)70-50(2)71-59-33-21-24-36-65(59)80(8,9)75(71)76-73(70)61-45-43-56(47-67(61)81(76,10)11)83(54-40-38-53(39-41-54)82(51-27-14-12-15-28-51)52-29-16-13-17-30-52)55-42-44-60-66(46-55)79(6,7)68-48-63(58-32-20-23-35-64(58)78(3,4)5)77-74(72(60)68)62-34-22-25-37-69(62)84-77/h12-48H,1-11H3. The molecule has 0 N–H and O–H groups in total. The summed E-state index contributed by atoms with van der Waals surface area (Å²) in [7, 11) is 0. The molecule has 0 saturated carbocycles. The third kappa shape index (κ3) is 7.43. The minimum absolute atomic E-state index is 0.0788. The molecule has 0 radical (unpaired) electrons. The van der Waals surface area contributed by atoms with Gasteiger partial charge in [0.25, 0.3) is 0 Å². The van der Waals surface area contributed by atoms with E-state index in [-0.39, 0.29) is 21.7 Å². The number of benzene rings is 11. The average Bonchev–Trinajstić information content (AvgIpc) is 2.75. The first-order valence-corrected chi connectivity index (χ1v) is 30.0. The van der Waals surface area contributed by atoms with Gasteiger partial charge in [0.15, 0.2) is 0 Å². The van der Waals surface area contributed by atoms with Gasteiger partial charge in [0, 0.05) is 66.7 Å². The number of anilines is 6. The summed E-state index contributed by atoms with van der Waals surface area (Å²) in [5.74, 6) is 0. The van der Waals surface area contributed by atoms with Gasteiger partial charge >= 0.3 is 0 Å². The maximum atomic E-state index is 7.04. The minimum atomic E-state index is -0.365. The van der Waals surface area contributed by atoms with Gasteiger partial charge in [-0.1, -0.05) is 202 Å². The molecule has 0 amide bonds. The molecule has 3 aliphatic rings. The quantitative estimate of drug-likeness (QED) is 0.151. The van der Waals surface area contributed by atoms with Crippen molar-refractivity contribution in [1.82, 2.24) is 0 Å². The van der Waals surface area contributed by atoms with Crippen LogP contribution in [-0.4, -0.2) is 0 Å². The van der Waals surface area contributed by atoms with Crippen molar-refractivity contribution in [2.45, 2.75) is 97.8 Å². The molecule has 11 aromatic carbocycles. The number of fused-ring (bicyclic) bond motifs is 14. The van der Waals surface area contributed by atoms with Crippen LogP contribution in [0.1, 0.15) is 112 Å². The Kier molecular flexibility index (Phi) is 11.3. The fourth-order valence-electron chi connectivity index (χ4n) is 15.4. The van der Waals surface area contributed by atoms with Crippen molar-refractivity contribution in [2.75, 3.05) is 9.80 Å². The number of para-hydroxylation sites is 3. The Balaban J connectivity index is 0.951. The zero-order chi connectivity index (χ0) is 57.8. The van der Waals surface area contributed by atoms with Crippen molar-refractivity contribution in [2.24, 2.45) is 0 Å². The third-order valence-corrected chi connectivity index (χ3v) is 19.4. The molecule has 12 aromatic rings. The van der Waals surface area contributed by atoms with E-state index in [2.05, 4.69) is 310 Å². The van der Waals surface area contributed by atoms with Crippen molar-refractivity contribution in [3.63, 3.8) is 0 Å². The number of rotatable bonds is 8. The second kappa shape index (κ2) is 18.4. The molecule has 0 fully saturated rings. The predicted octanol–water partition coefficient (Wildman–Crippen LogP) is 22.7. The molecule has 3 aliphatic carbocycles. The molecule has 0 aliphatic heterocycles. The van der Waals surface area contributed by atoms with Crippen LogP contribution in [0, 0.1) is 13.8 Å². The van der Waals surface area contributed by atoms with E-state index < -0.39 is 0 Å². The van der Waals surface area contributed by atoms with Gasteiger partial charge in [0.1, 0.15) is 11.2 Å². The lowest BCUT2D eigenvalue weighted by Crippen LogP contribution is -2.25. The smallest absolute Gasteiger partial charge is 0.143 e. The Morgan fingerprint density at radius 2 is 0.810 bits per heavy atom. The Morgan fingerprint density at radius 3 is 1.44 bits per heavy atom. The van der Waals surface area contributed by atoms with Crippen LogP contribution in [-0.2, 0) is 21.7 Å². The van der Waals surface area contributed by atoms with Crippen molar-refractivity contribution >= 4 is 56.1 Å². The Labute approximate surface area is 495 Å². The Hall–Kier alpha value is -9.18. The molecule has 410 valence electrons. The minimum Gasteiger partial charge on any atom is -0.455 e. The first kappa shape index (κ1) is 51.7. The number of furan rings is 1. The molecule has 0 spiro atoms. The van der Waals surface area contributed by atoms with E-state index in [4.69, 9.17) is 4.42 Å². The first-order chi connectivity index (χ1) is 40.4. The highest BCUT2D eigenvalue weighted by Gasteiger charge is 2.49. The molecule has 84 heavy (non-hydrogen) atoms. The highest BCUT2D eigenvalue weighted by Crippen LogP contribution is 2.64. The van der Waals surface area contributed by atoms with E-state index in [0.717, 1.165) is 56.2 Å². The van der Waals surface area contributed by atoms with Gasteiger partial charge in [-0.25, -0.2) is 0 Å². The van der Waals surface area contributed by atoms with E-state index >= 15 is 0 Å². The largest absolute Gasteiger partial charge is 0.455 e. The Morgan fingerprint density at radius 1 is 0.345 bits per heavy atom. The topological polar surface area (TPSA) is 19.6 Å². The van der Waals surface area contributed by atoms with Gasteiger partial charge in [0.05, 0.1) is 0 Å². The summed E-state index contributed by atoms with van der Waals surface area (Å²) >= 11 is 0. The van der Waals surface area contributed by atoms with Crippen LogP contribution in [0.2, 0.25) is 0 Å². The lowest BCUT2D eigenvalue weighted by Gasteiger charge is -2.33. The molecule has 3 nitrogen and oxygen atoms in total. The van der Waals surface area contributed by atoms with E-state index in [1.54, 1.807) is 0 Å². The second-order valence-corrected chi connectivity index (χ2v) is 26.5. The number of aryl methyl sites for hydroxylation is 1. The van der Waals surface area contributed by atoms with Gasteiger partial charge in [-0.2, -0.15) is 0 Å². The molecule has 1 aromatic heterocycles. The molecular formula is C81H70N2O. The zero-order valence-electron chi connectivity index (χ0n) is 50.2. The molecule has 1 heterocycles. The van der Waals surface area contributed by atoms with Crippen LogP contribution in [0.3, 0.4) is 0 Å². The van der Waals surface area contributed by atoms with E-state index in [1.165, 1.54) is 106 Å². The molecule has 0 saturated heterocycles. The summed E-state index contributed by atoms with van der Waals surface area (Å²) in [5, 5.41) is 2.34. The SMILES string of the molecule is Cc1ccccc1-c1c(C)c2c(c3c1-c1ccc(N(c4ccc(N(c5ccccc5)c5ccccc5)cc4)c4ccc5c(c4)C(C)(C)c4cc(-c6ccccc6C(C)(C)C)c6oc7ccccc7c6c4-5)cc1C3(C)C)C(C)(C)c1ccccc1-2. The zero-order valence-corrected chi connectivity index (χ0v) is 50.2. The highest BCUT2D eigenvalue weighted by molar-refractivity contribution is 6.19. The van der Waals surface area contributed by atoms with Crippen molar-refractivity contribution < 1.29 is 4.42 Å². The van der Waals surface area contributed by atoms with Crippen molar-refractivity contribution in [3.05, 3.63) is 275 Å². The molecular weight excluding hydrogens is 1020 g/mol. The average molecular weight is 1090 g/mol. The van der Waals surface area contributed by atoms with Crippen LogP contribution in [0.15, 0.2) is 229 Å². The maximum Gasteiger partial charge on any atom is 0.143 e. The second-order valence-electron chi connectivity index (χ2n) is 26.5. The normalized spacial score (nSPS) is 14.7. The molecule has 0 atom stereocenters. The fraction of sp³-hybridized carbons (Fsp3) is 0.185. The summed E-state index contributed by atoms with van der Waals surface area (Å²) in [6.45, 7) is 26.4. The summed E-state index contributed by atoms with van der Waals surface area (Å²) in [6.07, 6.45) is 0. The van der Waals surface area contributed by atoms with Crippen molar-refractivity contribution in [3.8, 4) is 55.6 Å². The van der Waals surface area contributed by atoms with E-state index in [1.807, 2.05) is 0 Å². The van der Waals surface area contributed by atoms with Crippen LogP contribution in [0.4, 0.5) is 34.1 Å². The highest BCUT2D eigenvalue weighted by atomic mass is 16.3. The van der Waals surface area contributed by atoms with Gasteiger partial charge in [-0.15, -0.1) is 0 Å². The van der Waals surface area contributed by atoms with E-state index in [9.17, 15) is 0 Å². The third-order valence-electron chi connectivity index (χ3n) is 19.4. The molecule has 3 heteroatoms. The fourth-order valence-corrected chi connectivity index (χ4v) is 15.4. The predicted molar refractivity (Wildman–Crippen MR) is 355 cm³/mol. The summed E-state index contributed by atoms with van der Waals surface area (Å²) in [4.78, 5) is 4.86. The van der Waals surface area contributed by atoms with Crippen LogP contribution < -0.4 is 9.80 Å². The molecule has 0 bridgehead atoms. The van der Waals surface area contributed by atoms with Crippen LogP contribution in [0.25, 0.3) is 77.6 Å². The van der Waals surface area contributed by atoms with Gasteiger partial charge < -0.3 is 14.2 Å². The molecule has 0 unspecified atom stereocenters.